The van der Waals surface area contributed by atoms with Gasteiger partial charge in [0.25, 0.3) is 0 Å². The van der Waals surface area contributed by atoms with Crippen molar-refractivity contribution in [3.8, 4) is 0 Å². The zero-order chi connectivity index (χ0) is 12.0. The molecule has 0 aliphatic rings. The Morgan fingerprint density at radius 1 is 1.56 bits per heavy atom. The summed E-state index contributed by atoms with van der Waals surface area (Å²) in [6.45, 7) is 1.79. The molecule has 0 bridgehead atoms. The summed E-state index contributed by atoms with van der Waals surface area (Å²) in [4.78, 5) is 3.94. The molecule has 0 spiro atoms. The molecule has 1 N–H and O–H groups in total. The molecule has 16 heavy (non-hydrogen) atoms. The van der Waals surface area contributed by atoms with Gasteiger partial charge in [0, 0.05) is 24.3 Å². The maximum absolute atomic E-state index is 11.6. The molecule has 4 nitrogen and oxygen atoms in total. The SMILES string of the molecule is CC(NS(=O)(=O)CCCCl)c1cccnc1. The summed E-state index contributed by atoms with van der Waals surface area (Å²) >= 11 is 5.46. The number of alkyl halides is 1. The molecule has 0 aliphatic heterocycles. The Kier molecular flexibility index (Phi) is 5.18. The molecule has 1 rings (SSSR count). The van der Waals surface area contributed by atoms with E-state index in [1.807, 2.05) is 6.07 Å². The van der Waals surface area contributed by atoms with Crippen LogP contribution in [0.15, 0.2) is 24.5 Å². The highest BCUT2D eigenvalue weighted by Crippen LogP contribution is 2.11. The minimum Gasteiger partial charge on any atom is -0.264 e. The van der Waals surface area contributed by atoms with Gasteiger partial charge in [-0.25, -0.2) is 13.1 Å². The summed E-state index contributed by atoms with van der Waals surface area (Å²) in [5.74, 6) is 0.406. The van der Waals surface area contributed by atoms with Crippen molar-refractivity contribution in [1.82, 2.24) is 9.71 Å². The van der Waals surface area contributed by atoms with Crippen molar-refractivity contribution in [2.45, 2.75) is 19.4 Å². The molecule has 90 valence electrons. The quantitative estimate of drug-likeness (QED) is 0.794. The first-order valence-electron chi connectivity index (χ1n) is 5.01. The minimum absolute atomic E-state index is 0.0566. The van der Waals surface area contributed by atoms with Crippen molar-refractivity contribution < 1.29 is 8.42 Å². The van der Waals surface area contributed by atoms with Crippen LogP contribution in [0.25, 0.3) is 0 Å². The number of nitrogens with zero attached hydrogens (tertiary/aromatic N) is 1. The number of rotatable bonds is 6. The van der Waals surface area contributed by atoms with Crippen molar-refractivity contribution in [2.24, 2.45) is 0 Å². The van der Waals surface area contributed by atoms with Crippen LogP contribution in [0.4, 0.5) is 0 Å². The van der Waals surface area contributed by atoms with Crippen molar-refractivity contribution in [1.29, 1.82) is 0 Å². The third kappa shape index (κ3) is 4.47. The highest BCUT2D eigenvalue weighted by Gasteiger charge is 2.15. The van der Waals surface area contributed by atoms with E-state index in [0.29, 0.717) is 12.3 Å². The Hall–Kier alpha value is -0.650. The fourth-order valence-electron chi connectivity index (χ4n) is 1.27. The van der Waals surface area contributed by atoms with Gasteiger partial charge in [0.15, 0.2) is 0 Å². The zero-order valence-corrected chi connectivity index (χ0v) is 10.6. The van der Waals surface area contributed by atoms with Crippen LogP contribution in [-0.4, -0.2) is 25.0 Å². The molecular formula is C10H15ClN2O2S. The largest absolute Gasteiger partial charge is 0.264 e. The molecule has 1 unspecified atom stereocenters. The summed E-state index contributed by atoms with van der Waals surface area (Å²) in [5, 5.41) is 0. The van der Waals surface area contributed by atoms with E-state index in [9.17, 15) is 8.42 Å². The third-order valence-electron chi connectivity index (χ3n) is 2.09. The van der Waals surface area contributed by atoms with E-state index >= 15 is 0 Å². The Morgan fingerprint density at radius 2 is 2.31 bits per heavy atom. The van der Waals surface area contributed by atoms with E-state index < -0.39 is 10.0 Å². The molecule has 1 aromatic heterocycles. The molecule has 0 saturated carbocycles. The van der Waals surface area contributed by atoms with Gasteiger partial charge in [-0.15, -0.1) is 11.6 Å². The second-order valence-electron chi connectivity index (χ2n) is 3.49. The van der Waals surface area contributed by atoms with E-state index in [1.54, 1.807) is 25.4 Å². The molecule has 6 heteroatoms. The number of halogens is 1. The normalized spacial score (nSPS) is 13.6. The fraction of sp³-hybridized carbons (Fsp3) is 0.500. The van der Waals surface area contributed by atoms with Gasteiger partial charge < -0.3 is 0 Å². The molecule has 0 aliphatic carbocycles. The summed E-state index contributed by atoms with van der Waals surface area (Å²) < 4.78 is 25.7. The first-order valence-corrected chi connectivity index (χ1v) is 7.20. The first-order chi connectivity index (χ1) is 7.55. The van der Waals surface area contributed by atoms with Gasteiger partial charge in [0.1, 0.15) is 0 Å². The molecule has 0 saturated heterocycles. The number of hydrogen-bond acceptors (Lipinski definition) is 3. The van der Waals surface area contributed by atoms with E-state index in [4.69, 9.17) is 11.6 Å². The highest BCUT2D eigenvalue weighted by atomic mass is 35.5. The lowest BCUT2D eigenvalue weighted by Gasteiger charge is -2.13. The second-order valence-corrected chi connectivity index (χ2v) is 5.74. The molecule has 0 amide bonds. The molecule has 0 radical (unpaired) electrons. The lowest BCUT2D eigenvalue weighted by molar-refractivity contribution is 0.565. The zero-order valence-electron chi connectivity index (χ0n) is 9.06. The number of pyridine rings is 1. The molecule has 1 aromatic rings. The predicted molar refractivity (Wildman–Crippen MR) is 64.9 cm³/mol. The molecular weight excluding hydrogens is 248 g/mol. The van der Waals surface area contributed by atoms with Crippen LogP contribution >= 0.6 is 11.6 Å². The van der Waals surface area contributed by atoms with Gasteiger partial charge in [-0.3, -0.25) is 4.98 Å². The Bertz CT molecular complexity index is 408. The Balaban J connectivity index is 2.61. The van der Waals surface area contributed by atoms with Crippen LogP contribution in [0, 0.1) is 0 Å². The lowest BCUT2D eigenvalue weighted by atomic mass is 10.2. The molecule has 1 heterocycles. The van der Waals surface area contributed by atoms with Crippen LogP contribution < -0.4 is 4.72 Å². The van der Waals surface area contributed by atoms with Crippen LogP contribution in [0.1, 0.15) is 24.9 Å². The second kappa shape index (κ2) is 6.18. The van der Waals surface area contributed by atoms with Crippen LogP contribution in [-0.2, 0) is 10.0 Å². The summed E-state index contributed by atoms with van der Waals surface area (Å²) in [6, 6.07) is 3.34. The van der Waals surface area contributed by atoms with Gasteiger partial charge in [-0.2, -0.15) is 0 Å². The predicted octanol–water partition coefficient (Wildman–Crippen LogP) is 1.69. The summed E-state index contributed by atoms with van der Waals surface area (Å²) in [5.41, 5.74) is 0.844. The molecule has 1 atom stereocenters. The van der Waals surface area contributed by atoms with Gasteiger partial charge >= 0.3 is 0 Å². The van der Waals surface area contributed by atoms with Crippen LogP contribution in [0.5, 0.6) is 0 Å². The lowest BCUT2D eigenvalue weighted by Crippen LogP contribution is -2.29. The Morgan fingerprint density at radius 3 is 2.88 bits per heavy atom. The van der Waals surface area contributed by atoms with Gasteiger partial charge in [0.2, 0.25) is 10.0 Å². The van der Waals surface area contributed by atoms with E-state index in [1.165, 1.54) is 0 Å². The van der Waals surface area contributed by atoms with Gasteiger partial charge in [-0.05, 0) is 25.0 Å². The monoisotopic (exact) mass is 262 g/mol. The van der Waals surface area contributed by atoms with Gasteiger partial charge in [0.05, 0.1) is 5.75 Å². The minimum atomic E-state index is -3.25. The van der Waals surface area contributed by atoms with E-state index in [-0.39, 0.29) is 11.8 Å². The van der Waals surface area contributed by atoms with Crippen molar-refractivity contribution >= 4 is 21.6 Å². The van der Waals surface area contributed by atoms with Crippen molar-refractivity contribution in [2.75, 3.05) is 11.6 Å². The smallest absolute Gasteiger partial charge is 0.212 e. The highest BCUT2D eigenvalue weighted by molar-refractivity contribution is 7.89. The van der Waals surface area contributed by atoms with Crippen LogP contribution in [0.2, 0.25) is 0 Å². The number of aromatic nitrogens is 1. The fourth-order valence-corrected chi connectivity index (χ4v) is 2.88. The summed E-state index contributed by atoms with van der Waals surface area (Å²) in [6.07, 6.45) is 3.75. The maximum atomic E-state index is 11.6. The average Bonchev–Trinajstić information content (AvgIpc) is 2.27. The molecule has 0 aromatic carbocycles. The summed E-state index contributed by atoms with van der Waals surface area (Å²) in [7, 11) is -3.25. The maximum Gasteiger partial charge on any atom is 0.212 e. The third-order valence-corrected chi connectivity index (χ3v) is 3.89. The number of sulfonamides is 1. The number of hydrogen-bond donors (Lipinski definition) is 1. The average molecular weight is 263 g/mol. The van der Waals surface area contributed by atoms with Crippen LogP contribution in [0.3, 0.4) is 0 Å². The van der Waals surface area contributed by atoms with E-state index in [2.05, 4.69) is 9.71 Å². The topological polar surface area (TPSA) is 59.1 Å². The number of nitrogens with one attached hydrogen (secondary N) is 1. The van der Waals surface area contributed by atoms with Crippen molar-refractivity contribution in [3.05, 3.63) is 30.1 Å². The standard InChI is InChI=1S/C10H15ClN2O2S/c1-9(10-4-2-6-12-8-10)13-16(14,15)7-3-5-11/h2,4,6,8-9,13H,3,5,7H2,1H3. The Labute approximate surface area is 101 Å². The molecule has 0 fully saturated rings. The van der Waals surface area contributed by atoms with Gasteiger partial charge in [-0.1, -0.05) is 6.07 Å². The van der Waals surface area contributed by atoms with E-state index in [0.717, 1.165) is 5.56 Å². The van der Waals surface area contributed by atoms with Crippen molar-refractivity contribution in [3.63, 3.8) is 0 Å². The first kappa shape index (κ1) is 13.4.